The van der Waals surface area contributed by atoms with Crippen molar-refractivity contribution in [2.75, 3.05) is 7.11 Å². The fourth-order valence-corrected chi connectivity index (χ4v) is 3.64. The van der Waals surface area contributed by atoms with E-state index < -0.39 is 17.9 Å². The van der Waals surface area contributed by atoms with Crippen molar-refractivity contribution in [2.24, 2.45) is 0 Å². The maximum atomic E-state index is 12.8. The number of methoxy groups -OCH3 is 1. The van der Waals surface area contributed by atoms with Gasteiger partial charge in [-0.2, -0.15) is 5.10 Å². The summed E-state index contributed by atoms with van der Waals surface area (Å²) in [5.41, 5.74) is 1.89. The van der Waals surface area contributed by atoms with Gasteiger partial charge in [-0.15, -0.1) is 0 Å². The van der Waals surface area contributed by atoms with E-state index in [4.69, 9.17) is 4.74 Å². The fraction of sp³-hybridized carbons (Fsp3) is 0.368. The average Bonchev–Trinajstić information content (AvgIpc) is 3.29. The molecule has 4 rings (SSSR count). The van der Waals surface area contributed by atoms with Gasteiger partial charge in [-0.1, -0.05) is 6.07 Å². The van der Waals surface area contributed by atoms with E-state index in [-0.39, 0.29) is 30.6 Å². The van der Waals surface area contributed by atoms with Crippen molar-refractivity contribution < 1.29 is 23.9 Å². The number of esters is 1. The molecule has 3 heterocycles. The summed E-state index contributed by atoms with van der Waals surface area (Å²) in [6.45, 7) is 2.54. The van der Waals surface area contributed by atoms with Crippen molar-refractivity contribution in [1.29, 1.82) is 0 Å². The first-order chi connectivity index (χ1) is 13.9. The lowest BCUT2D eigenvalue weighted by Gasteiger charge is -2.29. The number of carbonyl (C=O) groups is 4. The van der Waals surface area contributed by atoms with Crippen LogP contribution in [-0.2, 0) is 27.4 Å². The molecule has 1 unspecified atom stereocenters. The first kappa shape index (κ1) is 18.8. The van der Waals surface area contributed by atoms with Crippen molar-refractivity contribution in [3.05, 3.63) is 35.2 Å². The smallest absolute Gasteiger partial charge is 0.375 e. The molecular weight excluding hydrogens is 378 g/mol. The van der Waals surface area contributed by atoms with Crippen molar-refractivity contribution >= 4 is 23.7 Å². The molecule has 1 aromatic heterocycles. The standard InChI is InChI=1S/C19H19N5O5/c1-3-24-16(19(28)29-2)21-15(22-24)10-4-5-12-11(8-10)9-23(18(12)27)13-6-7-14(25)20-17(13)26/h4-5,8,13H,3,6-7,9H2,1-2H3,(H,20,25,26). The molecule has 150 valence electrons. The van der Waals surface area contributed by atoms with Crippen LogP contribution in [0, 0.1) is 0 Å². The summed E-state index contributed by atoms with van der Waals surface area (Å²) < 4.78 is 6.19. The van der Waals surface area contributed by atoms with E-state index in [1.165, 1.54) is 16.7 Å². The Bertz CT molecular complexity index is 1040. The first-order valence-corrected chi connectivity index (χ1v) is 9.24. The number of carbonyl (C=O) groups excluding carboxylic acids is 4. The summed E-state index contributed by atoms with van der Waals surface area (Å²) in [5.74, 6) is -1.14. The average molecular weight is 397 g/mol. The Labute approximate surface area is 165 Å². The number of aryl methyl sites for hydroxylation is 1. The molecule has 29 heavy (non-hydrogen) atoms. The normalized spacial score (nSPS) is 18.6. The minimum Gasteiger partial charge on any atom is -0.463 e. The molecule has 0 spiro atoms. The maximum absolute atomic E-state index is 12.8. The number of hydrogen-bond donors (Lipinski definition) is 1. The summed E-state index contributed by atoms with van der Waals surface area (Å²) in [6, 6.07) is 4.50. The largest absolute Gasteiger partial charge is 0.463 e. The number of hydrogen-bond acceptors (Lipinski definition) is 7. The topological polar surface area (TPSA) is 123 Å². The van der Waals surface area contributed by atoms with Crippen LogP contribution in [0.3, 0.4) is 0 Å². The number of piperidine rings is 1. The first-order valence-electron chi connectivity index (χ1n) is 9.24. The lowest BCUT2D eigenvalue weighted by Crippen LogP contribution is -2.52. The third kappa shape index (κ3) is 3.16. The van der Waals surface area contributed by atoms with Gasteiger partial charge in [0.15, 0.2) is 5.82 Å². The zero-order valence-corrected chi connectivity index (χ0v) is 16.0. The predicted octanol–water partition coefficient (Wildman–Crippen LogP) is 0.513. The van der Waals surface area contributed by atoms with E-state index in [2.05, 4.69) is 15.4 Å². The number of rotatable bonds is 4. The SMILES string of the molecule is CCn1nc(-c2ccc3c(c2)CN(C2CCC(=O)NC2=O)C3=O)nc1C(=O)OC. The number of amides is 3. The molecule has 0 radical (unpaired) electrons. The van der Waals surface area contributed by atoms with Crippen molar-refractivity contribution in [3.63, 3.8) is 0 Å². The molecule has 2 aliphatic rings. The molecule has 2 aromatic rings. The van der Waals surface area contributed by atoms with Gasteiger partial charge < -0.3 is 9.64 Å². The molecule has 1 saturated heterocycles. The number of ether oxygens (including phenoxy) is 1. The number of aromatic nitrogens is 3. The Hall–Kier alpha value is -3.56. The van der Waals surface area contributed by atoms with E-state index >= 15 is 0 Å². The molecule has 10 nitrogen and oxygen atoms in total. The monoisotopic (exact) mass is 397 g/mol. The molecule has 0 bridgehead atoms. The second-order valence-corrected chi connectivity index (χ2v) is 6.84. The van der Waals surface area contributed by atoms with Gasteiger partial charge in [0, 0.05) is 30.6 Å². The van der Waals surface area contributed by atoms with Gasteiger partial charge >= 0.3 is 5.97 Å². The number of nitrogens with zero attached hydrogens (tertiary/aromatic N) is 4. The zero-order chi connectivity index (χ0) is 20.7. The molecule has 10 heteroatoms. The Kier molecular flexibility index (Phi) is 4.61. The minimum atomic E-state index is -0.667. The van der Waals surface area contributed by atoms with E-state index in [0.29, 0.717) is 29.9 Å². The Morgan fingerprint density at radius 3 is 2.79 bits per heavy atom. The second-order valence-electron chi connectivity index (χ2n) is 6.84. The highest BCUT2D eigenvalue weighted by atomic mass is 16.5. The summed E-state index contributed by atoms with van der Waals surface area (Å²) in [6.07, 6.45) is 0.513. The van der Waals surface area contributed by atoms with Gasteiger partial charge in [0.05, 0.1) is 7.11 Å². The summed E-state index contributed by atoms with van der Waals surface area (Å²) in [4.78, 5) is 53.9. The lowest BCUT2D eigenvalue weighted by atomic mass is 10.0. The van der Waals surface area contributed by atoms with Gasteiger partial charge in [0.1, 0.15) is 6.04 Å². The maximum Gasteiger partial charge on any atom is 0.375 e. The molecule has 3 amide bonds. The molecule has 0 aliphatic carbocycles. The van der Waals surface area contributed by atoms with Crippen molar-refractivity contribution in [2.45, 2.75) is 38.9 Å². The van der Waals surface area contributed by atoms with E-state index in [1.54, 1.807) is 18.2 Å². The van der Waals surface area contributed by atoms with Crippen LogP contribution >= 0.6 is 0 Å². The van der Waals surface area contributed by atoms with Crippen molar-refractivity contribution in [3.8, 4) is 11.4 Å². The Balaban J connectivity index is 1.63. The highest BCUT2D eigenvalue weighted by Crippen LogP contribution is 2.30. The molecule has 1 fully saturated rings. The van der Waals surface area contributed by atoms with Gasteiger partial charge in [0.25, 0.3) is 5.91 Å². The van der Waals surface area contributed by atoms with E-state index in [1.807, 2.05) is 6.92 Å². The molecule has 2 aliphatic heterocycles. The van der Waals surface area contributed by atoms with Crippen LogP contribution in [0.5, 0.6) is 0 Å². The van der Waals surface area contributed by atoms with Crippen LogP contribution < -0.4 is 5.32 Å². The molecule has 1 N–H and O–H groups in total. The van der Waals surface area contributed by atoms with E-state index in [9.17, 15) is 19.2 Å². The van der Waals surface area contributed by atoms with Gasteiger partial charge in [-0.25, -0.2) is 14.5 Å². The van der Waals surface area contributed by atoms with Gasteiger partial charge in [-0.3, -0.25) is 19.7 Å². The van der Waals surface area contributed by atoms with Crippen LogP contribution in [0.4, 0.5) is 0 Å². The van der Waals surface area contributed by atoms with Crippen LogP contribution in [0.25, 0.3) is 11.4 Å². The third-order valence-corrected chi connectivity index (χ3v) is 5.12. The van der Waals surface area contributed by atoms with E-state index in [0.717, 1.165) is 5.56 Å². The van der Waals surface area contributed by atoms with Crippen molar-refractivity contribution in [1.82, 2.24) is 25.0 Å². The van der Waals surface area contributed by atoms with Gasteiger partial charge in [-0.05, 0) is 31.0 Å². The van der Waals surface area contributed by atoms with Crippen LogP contribution in [-0.4, -0.2) is 56.5 Å². The Morgan fingerprint density at radius 2 is 2.10 bits per heavy atom. The fourth-order valence-electron chi connectivity index (χ4n) is 3.64. The number of imide groups is 1. The lowest BCUT2D eigenvalue weighted by molar-refractivity contribution is -0.136. The van der Waals surface area contributed by atoms with Gasteiger partial charge in [0.2, 0.25) is 17.6 Å². The minimum absolute atomic E-state index is 0.103. The molecule has 1 atom stereocenters. The zero-order valence-electron chi connectivity index (χ0n) is 16.0. The predicted molar refractivity (Wildman–Crippen MR) is 98.5 cm³/mol. The number of fused-ring (bicyclic) bond motifs is 1. The summed E-state index contributed by atoms with van der Waals surface area (Å²) in [5, 5.41) is 6.63. The Morgan fingerprint density at radius 1 is 1.31 bits per heavy atom. The second kappa shape index (κ2) is 7.12. The summed E-state index contributed by atoms with van der Waals surface area (Å²) >= 11 is 0. The van der Waals surface area contributed by atoms with Crippen LogP contribution in [0.15, 0.2) is 18.2 Å². The number of nitrogens with one attached hydrogen (secondary N) is 1. The molecule has 1 aromatic carbocycles. The summed E-state index contributed by atoms with van der Waals surface area (Å²) in [7, 11) is 1.28. The number of benzene rings is 1. The molecular formula is C19H19N5O5. The third-order valence-electron chi connectivity index (χ3n) is 5.12. The quantitative estimate of drug-likeness (QED) is 0.589. The van der Waals surface area contributed by atoms with Crippen LogP contribution in [0.1, 0.15) is 46.3 Å². The van der Waals surface area contributed by atoms with Crippen LogP contribution in [0.2, 0.25) is 0 Å². The molecule has 0 saturated carbocycles. The highest BCUT2D eigenvalue weighted by Gasteiger charge is 2.39. The highest BCUT2D eigenvalue weighted by molar-refractivity contribution is 6.05.